The Hall–Kier alpha value is -1.87. The van der Waals surface area contributed by atoms with Crippen molar-refractivity contribution in [3.05, 3.63) is 57.7 Å². The van der Waals surface area contributed by atoms with Gasteiger partial charge >= 0.3 is 0 Å². The second-order valence-corrected chi connectivity index (χ2v) is 9.22. The molecule has 1 heterocycles. The fourth-order valence-corrected chi connectivity index (χ4v) is 3.49. The SMILES string of the molecule is CC(C)(C)c1ccc(-c2nnc(SCC(=O)Nc3cccc(I)c3)o2)cc1. The summed E-state index contributed by atoms with van der Waals surface area (Å²) in [6, 6.07) is 15.7. The number of hydrogen-bond donors (Lipinski definition) is 1. The van der Waals surface area contributed by atoms with E-state index in [-0.39, 0.29) is 17.1 Å². The zero-order valence-electron chi connectivity index (χ0n) is 15.3. The number of nitrogens with zero attached hydrogens (tertiary/aromatic N) is 2. The largest absolute Gasteiger partial charge is 0.411 e. The number of hydrogen-bond acceptors (Lipinski definition) is 5. The molecule has 0 saturated carbocycles. The first-order valence-corrected chi connectivity index (χ1v) is 10.5. The van der Waals surface area contributed by atoms with Crippen molar-refractivity contribution in [1.29, 1.82) is 0 Å². The lowest BCUT2D eigenvalue weighted by Crippen LogP contribution is -2.13. The molecule has 140 valence electrons. The number of nitrogens with one attached hydrogen (secondary N) is 1. The maximum Gasteiger partial charge on any atom is 0.277 e. The van der Waals surface area contributed by atoms with Gasteiger partial charge in [-0.25, -0.2) is 0 Å². The maximum absolute atomic E-state index is 12.1. The number of halogens is 1. The molecule has 0 radical (unpaired) electrons. The van der Waals surface area contributed by atoms with Crippen LogP contribution < -0.4 is 5.32 Å². The summed E-state index contributed by atoms with van der Waals surface area (Å²) >= 11 is 3.43. The van der Waals surface area contributed by atoms with Crippen LogP contribution in [0.4, 0.5) is 5.69 Å². The number of carbonyl (C=O) groups excluding carboxylic acids is 1. The third-order valence-corrected chi connectivity index (χ3v) is 5.33. The van der Waals surface area contributed by atoms with Crippen LogP contribution in [-0.4, -0.2) is 21.9 Å². The van der Waals surface area contributed by atoms with Gasteiger partial charge in [0.25, 0.3) is 5.22 Å². The molecule has 7 heteroatoms. The lowest BCUT2D eigenvalue weighted by Gasteiger charge is -2.18. The molecule has 0 aliphatic carbocycles. The summed E-state index contributed by atoms with van der Waals surface area (Å²) < 4.78 is 6.74. The van der Waals surface area contributed by atoms with E-state index >= 15 is 0 Å². The second-order valence-electron chi connectivity index (χ2n) is 7.05. The molecule has 0 atom stereocenters. The Bertz CT molecular complexity index is 933. The van der Waals surface area contributed by atoms with Gasteiger partial charge in [-0.05, 0) is 63.9 Å². The van der Waals surface area contributed by atoms with Gasteiger partial charge in [-0.2, -0.15) is 0 Å². The van der Waals surface area contributed by atoms with E-state index in [0.717, 1.165) is 14.8 Å². The van der Waals surface area contributed by atoms with E-state index < -0.39 is 0 Å². The van der Waals surface area contributed by atoms with E-state index in [1.54, 1.807) is 0 Å². The molecule has 0 aliphatic heterocycles. The monoisotopic (exact) mass is 493 g/mol. The zero-order valence-corrected chi connectivity index (χ0v) is 18.3. The zero-order chi connectivity index (χ0) is 19.4. The first-order chi connectivity index (χ1) is 12.8. The Kier molecular flexibility index (Phi) is 6.21. The normalized spacial score (nSPS) is 11.4. The summed E-state index contributed by atoms with van der Waals surface area (Å²) in [5.74, 6) is 0.544. The number of anilines is 1. The Balaban J connectivity index is 1.58. The van der Waals surface area contributed by atoms with Gasteiger partial charge in [-0.3, -0.25) is 4.79 Å². The predicted octanol–water partition coefficient (Wildman–Crippen LogP) is 5.37. The van der Waals surface area contributed by atoms with E-state index in [9.17, 15) is 4.79 Å². The summed E-state index contributed by atoms with van der Waals surface area (Å²) in [4.78, 5) is 12.1. The number of thioether (sulfide) groups is 1. The average molecular weight is 493 g/mol. The number of rotatable bonds is 5. The minimum atomic E-state index is -0.115. The van der Waals surface area contributed by atoms with E-state index in [4.69, 9.17) is 4.42 Å². The summed E-state index contributed by atoms with van der Waals surface area (Å²) in [5.41, 5.74) is 2.98. The molecule has 0 fully saturated rings. The number of benzene rings is 2. The van der Waals surface area contributed by atoms with Crippen molar-refractivity contribution in [2.45, 2.75) is 31.4 Å². The molecule has 3 rings (SSSR count). The van der Waals surface area contributed by atoms with Gasteiger partial charge in [-0.1, -0.05) is 50.7 Å². The topological polar surface area (TPSA) is 68.0 Å². The van der Waals surface area contributed by atoms with Crippen molar-refractivity contribution < 1.29 is 9.21 Å². The smallest absolute Gasteiger partial charge is 0.277 e. The van der Waals surface area contributed by atoms with Crippen LogP contribution in [0.5, 0.6) is 0 Å². The Morgan fingerprint density at radius 1 is 1.15 bits per heavy atom. The first kappa shape index (κ1) is 19.9. The highest BCUT2D eigenvalue weighted by molar-refractivity contribution is 14.1. The van der Waals surface area contributed by atoms with Crippen LogP contribution in [0.25, 0.3) is 11.5 Å². The summed E-state index contributed by atoms with van der Waals surface area (Å²) in [5, 5.41) is 11.3. The van der Waals surface area contributed by atoms with Crippen LogP contribution in [0.15, 0.2) is 58.2 Å². The van der Waals surface area contributed by atoms with Crippen molar-refractivity contribution in [2.75, 3.05) is 11.1 Å². The van der Waals surface area contributed by atoms with Gasteiger partial charge in [0.15, 0.2) is 0 Å². The molecule has 1 N–H and O–H groups in total. The van der Waals surface area contributed by atoms with Gasteiger partial charge in [0.1, 0.15) is 0 Å². The summed E-state index contributed by atoms with van der Waals surface area (Å²) in [6.45, 7) is 6.51. The number of carbonyl (C=O) groups is 1. The van der Waals surface area contributed by atoms with Gasteiger partial charge in [0.2, 0.25) is 11.8 Å². The van der Waals surface area contributed by atoms with Crippen molar-refractivity contribution in [2.24, 2.45) is 0 Å². The molecule has 2 aromatic carbocycles. The number of amides is 1. The highest BCUT2D eigenvalue weighted by Gasteiger charge is 2.15. The molecule has 0 saturated heterocycles. The van der Waals surface area contributed by atoms with Gasteiger partial charge in [0.05, 0.1) is 5.75 Å². The Morgan fingerprint density at radius 2 is 1.89 bits per heavy atom. The molecule has 5 nitrogen and oxygen atoms in total. The third kappa shape index (κ3) is 5.55. The molecule has 0 spiro atoms. The average Bonchev–Trinajstić information content (AvgIpc) is 3.08. The molecule has 1 aromatic heterocycles. The molecule has 27 heavy (non-hydrogen) atoms. The van der Waals surface area contributed by atoms with Crippen molar-refractivity contribution in [3.8, 4) is 11.5 Å². The predicted molar refractivity (Wildman–Crippen MR) is 117 cm³/mol. The molecule has 1 amide bonds. The quantitative estimate of drug-likeness (QED) is 0.383. The van der Waals surface area contributed by atoms with Crippen LogP contribution in [-0.2, 0) is 10.2 Å². The summed E-state index contributed by atoms with van der Waals surface area (Å²) in [7, 11) is 0. The summed E-state index contributed by atoms with van der Waals surface area (Å²) in [6.07, 6.45) is 0. The highest BCUT2D eigenvalue weighted by Crippen LogP contribution is 2.27. The molecule has 0 bridgehead atoms. The van der Waals surface area contributed by atoms with E-state index in [0.29, 0.717) is 11.1 Å². The van der Waals surface area contributed by atoms with Crippen LogP contribution in [0, 0.1) is 3.57 Å². The Labute approximate surface area is 176 Å². The molecular formula is C20H20IN3O2S. The molecule has 0 aliphatic rings. The highest BCUT2D eigenvalue weighted by atomic mass is 127. The van der Waals surface area contributed by atoms with Crippen LogP contribution in [0.2, 0.25) is 0 Å². The minimum absolute atomic E-state index is 0.0958. The minimum Gasteiger partial charge on any atom is -0.411 e. The van der Waals surface area contributed by atoms with E-state index in [1.807, 2.05) is 36.4 Å². The Morgan fingerprint density at radius 3 is 2.56 bits per heavy atom. The van der Waals surface area contributed by atoms with Crippen molar-refractivity contribution in [3.63, 3.8) is 0 Å². The fourth-order valence-electron chi connectivity index (χ4n) is 2.39. The number of aromatic nitrogens is 2. The van der Waals surface area contributed by atoms with Gasteiger partial charge in [0, 0.05) is 14.8 Å². The second kappa shape index (κ2) is 8.43. The lowest BCUT2D eigenvalue weighted by molar-refractivity contribution is -0.113. The van der Waals surface area contributed by atoms with E-state index in [1.165, 1.54) is 17.3 Å². The first-order valence-electron chi connectivity index (χ1n) is 8.44. The van der Waals surface area contributed by atoms with Crippen LogP contribution in [0.1, 0.15) is 26.3 Å². The van der Waals surface area contributed by atoms with Crippen molar-refractivity contribution in [1.82, 2.24) is 10.2 Å². The van der Waals surface area contributed by atoms with Gasteiger partial charge < -0.3 is 9.73 Å². The fraction of sp³-hybridized carbons (Fsp3) is 0.250. The van der Waals surface area contributed by atoms with Crippen LogP contribution >= 0.6 is 34.4 Å². The lowest BCUT2D eigenvalue weighted by atomic mass is 9.87. The third-order valence-electron chi connectivity index (χ3n) is 3.84. The van der Waals surface area contributed by atoms with Crippen molar-refractivity contribution >= 4 is 45.9 Å². The van der Waals surface area contributed by atoms with Crippen LogP contribution in [0.3, 0.4) is 0 Å². The molecule has 3 aromatic rings. The van der Waals surface area contributed by atoms with Gasteiger partial charge in [-0.15, -0.1) is 10.2 Å². The standard InChI is InChI=1S/C20H20IN3O2S/c1-20(2,3)14-9-7-13(8-10-14)18-23-24-19(26-18)27-12-17(25)22-16-6-4-5-15(21)11-16/h4-11H,12H2,1-3H3,(H,22,25). The van der Waals surface area contributed by atoms with E-state index in [2.05, 4.69) is 71.0 Å². The maximum atomic E-state index is 12.1. The molecular weight excluding hydrogens is 473 g/mol. The molecule has 0 unspecified atom stereocenters.